The highest BCUT2D eigenvalue weighted by atomic mass is 16.7. The molecule has 3 atom stereocenters. The zero-order valence-electron chi connectivity index (χ0n) is 22.3. The number of carbonyl (C=O) groups excluding carboxylic acids is 3. The number of amides is 3. The van der Waals surface area contributed by atoms with Gasteiger partial charge in [-0.05, 0) is 36.6 Å². The first-order valence-electron chi connectivity index (χ1n) is 13.3. The van der Waals surface area contributed by atoms with E-state index in [4.69, 9.17) is 9.57 Å². The topological polar surface area (TPSA) is 91.4 Å². The van der Waals surface area contributed by atoms with Gasteiger partial charge in [0, 0.05) is 37.9 Å². The molecular weight excluding hydrogens is 484 g/mol. The molecule has 1 N–H and O–H groups in total. The molecule has 0 spiro atoms. The fourth-order valence-electron chi connectivity index (χ4n) is 5.91. The number of hydroxylamine groups is 2. The van der Waals surface area contributed by atoms with E-state index in [1.54, 1.807) is 7.11 Å². The quantitative estimate of drug-likeness (QED) is 0.535. The number of rotatable bonds is 8. The van der Waals surface area contributed by atoms with Crippen molar-refractivity contribution < 1.29 is 24.0 Å². The van der Waals surface area contributed by atoms with Crippen molar-refractivity contribution in [2.75, 3.05) is 32.6 Å². The van der Waals surface area contributed by atoms with E-state index in [0.717, 1.165) is 48.9 Å². The molecule has 9 nitrogen and oxygen atoms in total. The number of likely N-dealkylation sites (tertiary alicyclic amines) is 1. The molecule has 2 saturated heterocycles. The summed E-state index contributed by atoms with van der Waals surface area (Å²) in [4.78, 5) is 49.8. The van der Waals surface area contributed by atoms with Gasteiger partial charge in [0.2, 0.25) is 11.8 Å². The molecule has 3 fully saturated rings. The van der Waals surface area contributed by atoms with Crippen molar-refractivity contribution in [3.8, 4) is 5.75 Å². The van der Waals surface area contributed by atoms with E-state index in [9.17, 15) is 14.4 Å². The number of carbonyl (C=O) groups is 3. The zero-order valence-corrected chi connectivity index (χ0v) is 22.3. The number of ether oxygens (including phenoxy) is 1. The lowest BCUT2D eigenvalue weighted by Gasteiger charge is -2.32. The van der Waals surface area contributed by atoms with Gasteiger partial charge in [-0.1, -0.05) is 49.6 Å². The molecule has 1 saturated carbocycles. The Kier molecular flexibility index (Phi) is 7.67. The first-order valence-corrected chi connectivity index (χ1v) is 13.3. The molecule has 3 amide bonds. The van der Waals surface area contributed by atoms with Crippen LogP contribution in [0.25, 0.3) is 0 Å². The van der Waals surface area contributed by atoms with Crippen LogP contribution in [0.15, 0.2) is 48.5 Å². The second-order valence-electron chi connectivity index (χ2n) is 10.5. The van der Waals surface area contributed by atoms with Gasteiger partial charge in [-0.15, -0.1) is 0 Å². The van der Waals surface area contributed by atoms with Crippen LogP contribution in [0.4, 0.5) is 5.69 Å². The van der Waals surface area contributed by atoms with Gasteiger partial charge >= 0.3 is 0 Å². The van der Waals surface area contributed by atoms with Gasteiger partial charge in [0.25, 0.3) is 5.91 Å². The molecule has 2 aromatic carbocycles. The summed E-state index contributed by atoms with van der Waals surface area (Å²) in [5.41, 5.74) is 2.71. The van der Waals surface area contributed by atoms with Crippen LogP contribution in [0.3, 0.4) is 0 Å². The van der Waals surface area contributed by atoms with Crippen molar-refractivity contribution in [3.05, 3.63) is 59.7 Å². The van der Waals surface area contributed by atoms with E-state index in [1.165, 1.54) is 9.96 Å². The third kappa shape index (κ3) is 5.00. The largest absolute Gasteiger partial charge is 0.496 e. The average molecular weight is 521 g/mol. The van der Waals surface area contributed by atoms with E-state index >= 15 is 0 Å². The lowest BCUT2D eigenvalue weighted by atomic mass is 9.90. The van der Waals surface area contributed by atoms with Crippen molar-refractivity contribution in [1.82, 2.24) is 15.3 Å². The minimum Gasteiger partial charge on any atom is -0.496 e. The third-order valence-corrected chi connectivity index (χ3v) is 7.89. The Labute approximate surface area is 223 Å². The van der Waals surface area contributed by atoms with Gasteiger partial charge in [-0.2, -0.15) is 5.06 Å². The molecule has 0 bridgehead atoms. The summed E-state index contributed by atoms with van der Waals surface area (Å²) in [5, 5.41) is 4.44. The Hall–Kier alpha value is -3.43. The second kappa shape index (κ2) is 11.1. The Bertz CT molecular complexity index is 1180. The monoisotopic (exact) mass is 520 g/mol. The summed E-state index contributed by atoms with van der Waals surface area (Å²) < 4.78 is 5.38. The summed E-state index contributed by atoms with van der Waals surface area (Å²) in [5.74, 6) is -0.728. The van der Waals surface area contributed by atoms with Crippen LogP contribution in [0.1, 0.15) is 49.3 Å². The van der Waals surface area contributed by atoms with Crippen molar-refractivity contribution in [3.63, 3.8) is 0 Å². The normalized spacial score (nSPS) is 24.0. The predicted molar refractivity (Wildman–Crippen MR) is 142 cm³/mol. The number of benzene rings is 2. The number of fused-ring (bicyclic) bond motifs is 1. The maximum Gasteiger partial charge on any atom is 0.261 e. The van der Waals surface area contributed by atoms with Gasteiger partial charge in [-0.3, -0.25) is 24.1 Å². The van der Waals surface area contributed by atoms with Crippen LogP contribution in [0, 0.1) is 5.92 Å². The standard InChI is InChI=1S/C29H36N4O5/c1-31(2)21-15-13-19(14-16-21)26-25-27(29(36)33(28(25)35)22-10-5-4-6-11-22)38-32(26)18-24(34)30-17-20-9-7-8-12-23(20)37-3/h7-9,12-16,22,25-27H,4-6,10-11,17-18H2,1-3H3,(H,30,34). The third-order valence-electron chi connectivity index (χ3n) is 7.89. The van der Waals surface area contributed by atoms with Gasteiger partial charge < -0.3 is 15.0 Å². The number of nitrogens with zero attached hydrogens (tertiary/aromatic N) is 3. The maximum atomic E-state index is 13.7. The van der Waals surface area contributed by atoms with E-state index in [0.29, 0.717) is 12.3 Å². The molecule has 3 unspecified atom stereocenters. The molecular formula is C29H36N4O5. The summed E-state index contributed by atoms with van der Waals surface area (Å²) in [6, 6.07) is 14.7. The highest BCUT2D eigenvalue weighted by molar-refractivity contribution is 6.07. The van der Waals surface area contributed by atoms with Gasteiger partial charge in [0.15, 0.2) is 6.10 Å². The summed E-state index contributed by atoms with van der Waals surface area (Å²) >= 11 is 0. The van der Waals surface area contributed by atoms with Crippen molar-refractivity contribution >= 4 is 23.4 Å². The molecule has 9 heteroatoms. The summed E-state index contributed by atoms with van der Waals surface area (Å²) in [6.45, 7) is 0.186. The van der Waals surface area contributed by atoms with Crippen LogP contribution in [0.2, 0.25) is 0 Å². The molecule has 3 aliphatic rings. The van der Waals surface area contributed by atoms with Crippen molar-refractivity contribution in [1.29, 1.82) is 0 Å². The highest BCUT2D eigenvalue weighted by Gasteiger charge is 2.60. The molecule has 38 heavy (non-hydrogen) atoms. The van der Waals surface area contributed by atoms with Gasteiger partial charge in [0.1, 0.15) is 12.3 Å². The first-order chi connectivity index (χ1) is 18.4. The van der Waals surface area contributed by atoms with Crippen LogP contribution in [-0.2, 0) is 25.8 Å². The summed E-state index contributed by atoms with van der Waals surface area (Å²) in [6.07, 6.45) is 3.94. The zero-order chi connectivity index (χ0) is 26.8. The molecule has 202 valence electrons. The number of methoxy groups -OCH3 is 1. The van der Waals surface area contributed by atoms with Crippen LogP contribution in [0.5, 0.6) is 5.75 Å². The van der Waals surface area contributed by atoms with Gasteiger partial charge in [0.05, 0.1) is 19.1 Å². The van der Waals surface area contributed by atoms with Crippen LogP contribution < -0.4 is 15.0 Å². The fourth-order valence-corrected chi connectivity index (χ4v) is 5.91. The highest BCUT2D eigenvalue weighted by Crippen LogP contribution is 2.46. The predicted octanol–water partition coefficient (Wildman–Crippen LogP) is 3.05. The SMILES string of the molecule is COc1ccccc1CNC(=O)CN1OC2C(=O)N(C3CCCCC3)C(=O)C2C1c1ccc(N(C)C)cc1. The van der Waals surface area contributed by atoms with E-state index in [2.05, 4.69) is 5.32 Å². The number of imide groups is 1. The van der Waals surface area contributed by atoms with E-state index in [1.807, 2.05) is 67.5 Å². The Balaban J connectivity index is 1.37. The van der Waals surface area contributed by atoms with Gasteiger partial charge in [-0.25, -0.2) is 0 Å². The average Bonchev–Trinajstić information content (AvgIpc) is 3.42. The lowest BCUT2D eigenvalue weighted by Crippen LogP contribution is -2.45. The number of nitrogens with one attached hydrogen (secondary N) is 1. The van der Waals surface area contributed by atoms with E-state index < -0.39 is 18.1 Å². The fraction of sp³-hybridized carbons (Fsp3) is 0.483. The molecule has 0 radical (unpaired) electrons. The molecule has 1 aliphatic carbocycles. The Morgan fingerprint density at radius 2 is 1.74 bits per heavy atom. The molecule has 2 aliphatic heterocycles. The second-order valence-corrected chi connectivity index (χ2v) is 10.5. The number of para-hydroxylation sites is 1. The van der Waals surface area contributed by atoms with Crippen molar-refractivity contribution in [2.24, 2.45) is 5.92 Å². The van der Waals surface area contributed by atoms with Crippen LogP contribution >= 0.6 is 0 Å². The lowest BCUT2D eigenvalue weighted by molar-refractivity contribution is -0.184. The minimum atomic E-state index is -0.912. The molecule has 2 heterocycles. The molecule has 2 aromatic rings. The first kappa shape index (κ1) is 26.2. The number of anilines is 1. The maximum absolute atomic E-state index is 13.7. The molecule has 5 rings (SSSR count). The molecule has 0 aromatic heterocycles. The van der Waals surface area contributed by atoms with Crippen molar-refractivity contribution in [2.45, 2.75) is 56.8 Å². The smallest absolute Gasteiger partial charge is 0.261 e. The Morgan fingerprint density at radius 3 is 2.42 bits per heavy atom. The Morgan fingerprint density at radius 1 is 1.03 bits per heavy atom. The minimum absolute atomic E-state index is 0.0627. The van der Waals surface area contributed by atoms with Crippen LogP contribution in [-0.4, -0.2) is 67.6 Å². The van der Waals surface area contributed by atoms with E-state index in [-0.39, 0.29) is 30.3 Å². The number of hydrogen-bond acceptors (Lipinski definition) is 7. The summed E-state index contributed by atoms with van der Waals surface area (Å²) in [7, 11) is 5.51. The number of hydrogen-bond donors (Lipinski definition) is 1.